The van der Waals surface area contributed by atoms with Gasteiger partial charge in [-0.05, 0) is 29.8 Å². The molecule has 2 heterocycles. The van der Waals surface area contributed by atoms with Crippen LogP contribution in [0.2, 0.25) is 5.02 Å². The van der Waals surface area contributed by atoms with Crippen molar-refractivity contribution < 1.29 is 9.47 Å². The molecule has 0 fully saturated rings. The highest BCUT2D eigenvalue weighted by Gasteiger charge is 2.15. The van der Waals surface area contributed by atoms with E-state index in [4.69, 9.17) is 26.8 Å². The lowest BCUT2D eigenvalue weighted by molar-refractivity contribution is 0.297. The first-order valence-electron chi connectivity index (χ1n) is 6.65. The van der Waals surface area contributed by atoms with E-state index in [-0.39, 0.29) is 0 Å². The zero-order valence-corrected chi connectivity index (χ0v) is 12.9. The highest BCUT2D eigenvalue weighted by atomic mass is 35.5. The summed E-state index contributed by atoms with van der Waals surface area (Å²) in [6.45, 7) is 1.29. The van der Waals surface area contributed by atoms with Gasteiger partial charge in [-0.15, -0.1) is 11.8 Å². The number of anilines is 1. The maximum Gasteiger partial charge on any atom is 0.179 e. The molecule has 0 saturated carbocycles. The van der Waals surface area contributed by atoms with Crippen LogP contribution in [0, 0.1) is 0 Å². The molecule has 1 aliphatic heterocycles. The Morgan fingerprint density at radius 3 is 2.90 bits per heavy atom. The molecule has 2 N–H and O–H groups in total. The van der Waals surface area contributed by atoms with Crippen molar-refractivity contribution in [3.63, 3.8) is 0 Å². The van der Waals surface area contributed by atoms with Crippen LogP contribution in [0.25, 0.3) is 0 Å². The third-order valence-electron chi connectivity index (χ3n) is 3.01. The van der Waals surface area contributed by atoms with E-state index in [0.717, 1.165) is 28.5 Å². The zero-order valence-electron chi connectivity index (χ0n) is 11.3. The minimum Gasteiger partial charge on any atom is -0.489 e. The van der Waals surface area contributed by atoms with Gasteiger partial charge in [0.1, 0.15) is 0 Å². The molecular weight excluding hydrogens is 308 g/mol. The number of nitrogen functional groups attached to an aromatic ring is 1. The van der Waals surface area contributed by atoms with Crippen LogP contribution in [0.1, 0.15) is 12.0 Å². The summed E-state index contributed by atoms with van der Waals surface area (Å²) in [5.41, 5.74) is 7.37. The number of fused-ring (bicyclic) bond motifs is 1. The Balaban J connectivity index is 1.75. The van der Waals surface area contributed by atoms with Crippen LogP contribution < -0.4 is 15.2 Å². The Morgan fingerprint density at radius 1 is 1.24 bits per heavy atom. The van der Waals surface area contributed by atoms with Gasteiger partial charge in [-0.1, -0.05) is 11.6 Å². The standard InChI is InChI=1S/C15H15ClN2O2S/c16-12-6-10(7-13-15(12)20-5-1-4-19-13)9-21-14-3-2-11(17)8-18-14/h2-3,6-8H,1,4-5,9,17H2. The molecule has 0 radical (unpaired) electrons. The van der Waals surface area contributed by atoms with Crippen LogP contribution in [-0.4, -0.2) is 18.2 Å². The molecule has 3 rings (SSSR count). The zero-order chi connectivity index (χ0) is 14.7. The Kier molecular flexibility index (Phi) is 4.41. The normalized spacial score (nSPS) is 13.8. The molecule has 1 aromatic heterocycles. The first kappa shape index (κ1) is 14.4. The third-order valence-corrected chi connectivity index (χ3v) is 4.30. The van der Waals surface area contributed by atoms with Gasteiger partial charge in [-0.2, -0.15) is 0 Å². The van der Waals surface area contributed by atoms with E-state index in [2.05, 4.69) is 4.98 Å². The molecule has 0 saturated heterocycles. The number of hydrogen-bond donors (Lipinski definition) is 1. The minimum absolute atomic E-state index is 0.593. The molecule has 1 aromatic carbocycles. The first-order chi connectivity index (χ1) is 10.2. The number of aromatic nitrogens is 1. The van der Waals surface area contributed by atoms with Gasteiger partial charge in [0.2, 0.25) is 0 Å². The average Bonchev–Trinajstić information content (AvgIpc) is 2.72. The van der Waals surface area contributed by atoms with E-state index in [0.29, 0.717) is 29.7 Å². The molecule has 0 unspecified atom stereocenters. The van der Waals surface area contributed by atoms with Gasteiger partial charge in [0.05, 0.1) is 35.1 Å². The van der Waals surface area contributed by atoms with Gasteiger partial charge in [0.15, 0.2) is 11.5 Å². The number of nitrogens with zero attached hydrogens (tertiary/aromatic N) is 1. The Morgan fingerprint density at radius 2 is 2.10 bits per heavy atom. The number of benzene rings is 1. The van der Waals surface area contributed by atoms with Crippen LogP contribution in [0.5, 0.6) is 11.5 Å². The summed E-state index contributed by atoms with van der Waals surface area (Å²) in [6.07, 6.45) is 2.52. The van der Waals surface area contributed by atoms with Crippen molar-refractivity contribution >= 4 is 29.1 Å². The Hall–Kier alpha value is -1.59. The quantitative estimate of drug-likeness (QED) is 0.872. The van der Waals surface area contributed by atoms with Crippen molar-refractivity contribution in [3.05, 3.63) is 41.0 Å². The van der Waals surface area contributed by atoms with Crippen LogP contribution in [0.4, 0.5) is 5.69 Å². The molecule has 4 nitrogen and oxygen atoms in total. The van der Waals surface area contributed by atoms with Gasteiger partial charge in [-0.25, -0.2) is 4.98 Å². The minimum atomic E-state index is 0.593. The number of nitrogens with two attached hydrogens (primary N) is 1. The molecule has 0 atom stereocenters. The average molecular weight is 323 g/mol. The highest BCUT2D eigenvalue weighted by molar-refractivity contribution is 7.98. The summed E-state index contributed by atoms with van der Waals surface area (Å²) in [5, 5.41) is 1.52. The van der Waals surface area contributed by atoms with E-state index < -0.39 is 0 Å². The molecule has 6 heteroatoms. The molecule has 2 aromatic rings. The van der Waals surface area contributed by atoms with Crippen molar-refractivity contribution in [3.8, 4) is 11.5 Å². The molecule has 110 valence electrons. The van der Waals surface area contributed by atoms with Crippen LogP contribution in [0.15, 0.2) is 35.5 Å². The van der Waals surface area contributed by atoms with Gasteiger partial charge in [-0.3, -0.25) is 0 Å². The fourth-order valence-corrected chi connectivity index (χ4v) is 3.06. The molecule has 0 amide bonds. The highest BCUT2D eigenvalue weighted by Crippen LogP contribution is 2.39. The van der Waals surface area contributed by atoms with Crippen molar-refractivity contribution in [2.45, 2.75) is 17.2 Å². The summed E-state index contributed by atoms with van der Waals surface area (Å²) in [7, 11) is 0. The predicted octanol–water partition coefficient (Wildman–Crippen LogP) is 3.77. The monoisotopic (exact) mass is 322 g/mol. The summed E-state index contributed by atoms with van der Waals surface area (Å²) < 4.78 is 11.3. The smallest absolute Gasteiger partial charge is 0.179 e. The molecular formula is C15H15ClN2O2S. The summed E-state index contributed by atoms with van der Waals surface area (Å²) >= 11 is 7.90. The SMILES string of the molecule is Nc1ccc(SCc2cc(Cl)c3c(c2)OCCCO3)nc1. The maximum absolute atomic E-state index is 6.28. The van der Waals surface area contributed by atoms with Gasteiger partial charge in [0.25, 0.3) is 0 Å². The number of halogens is 1. The largest absolute Gasteiger partial charge is 0.489 e. The number of hydrogen-bond acceptors (Lipinski definition) is 5. The lowest BCUT2D eigenvalue weighted by Crippen LogP contribution is -1.97. The fourth-order valence-electron chi connectivity index (χ4n) is 2.00. The van der Waals surface area contributed by atoms with Gasteiger partial charge < -0.3 is 15.2 Å². The van der Waals surface area contributed by atoms with Crippen molar-refractivity contribution in [1.82, 2.24) is 4.98 Å². The van der Waals surface area contributed by atoms with E-state index in [9.17, 15) is 0 Å². The van der Waals surface area contributed by atoms with Gasteiger partial charge >= 0.3 is 0 Å². The second kappa shape index (κ2) is 6.45. The second-order valence-corrected chi connectivity index (χ2v) is 6.08. The molecule has 21 heavy (non-hydrogen) atoms. The maximum atomic E-state index is 6.28. The van der Waals surface area contributed by atoms with Crippen molar-refractivity contribution in [2.24, 2.45) is 0 Å². The van der Waals surface area contributed by atoms with E-state index >= 15 is 0 Å². The predicted molar refractivity (Wildman–Crippen MR) is 85.3 cm³/mol. The lowest BCUT2D eigenvalue weighted by atomic mass is 10.2. The van der Waals surface area contributed by atoms with Crippen molar-refractivity contribution in [2.75, 3.05) is 18.9 Å². The summed E-state index contributed by atoms with van der Waals surface area (Å²) in [6, 6.07) is 7.65. The summed E-state index contributed by atoms with van der Waals surface area (Å²) in [4.78, 5) is 4.27. The molecule has 0 spiro atoms. The second-order valence-electron chi connectivity index (χ2n) is 4.67. The lowest BCUT2D eigenvalue weighted by Gasteiger charge is -2.11. The molecule has 0 aliphatic carbocycles. The van der Waals surface area contributed by atoms with E-state index in [1.165, 1.54) is 0 Å². The van der Waals surface area contributed by atoms with E-state index in [1.807, 2.05) is 24.3 Å². The molecule has 1 aliphatic rings. The van der Waals surface area contributed by atoms with Gasteiger partial charge in [0, 0.05) is 12.2 Å². The molecule has 0 bridgehead atoms. The Labute approximate surface area is 132 Å². The van der Waals surface area contributed by atoms with Crippen LogP contribution in [0.3, 0.4) is 0 Å². The number of rotatable bonds is 3. The number of ether oxygens (including phenoxy) is 2. The third kappa shape index (κ3) is 3.54. The fraction of sp³-hybridized carbons (Fsp3) is 0.267. The summed E-state index contributed by atoms with van der Waals surface area (Å²) in [5.74, 6) is 2.13. The Bertz CT molecular complexity index is 634. The first-order valence-corrected chi connectivity index (χ1v) is 8.01. The number of pyridine rings is 1. The van der Waals surface area contributed by atoms with E-state index in [1.54, 1.807) is 18.0 Å². The van der Waals surface area contributed by atoms with Crippen LogP contribution in [-0.2, 0) is 5.75 Å². The van der Waals surface area contributed by atoms with Crippen molar-refractivity contribution in [1.29, 1.82) is 0 Å². The topological polar surface area (TPSA) is 57.4 Å². The number of thioether (sulfide) groups is 1. The van der Waals surface area contributed by atoms with Crippen LogP contribution >= 0.6 is 23.4 Å².